The van der Waals surface area contributed by atoms with E-state index in [2.05, 4.69) is 34.1 Å². The Balaban J connectivity index is 0.00000343. The molecule has 44 heavy (non-hydrogen) atoms. The summed E-state index contributed by atoms with van der Waals surface area (Å²) in [5.74, 6) is 1.61. The van der Waals surface area contributed by atoms with E-state index in [9.17, 15) is 4.79 Å². The Hall–Kier alpha value is -2.47. The molecule has 2 aromatic heterocycles. The first kappa shape index (κ1) is 31.5. The molecule has 12 heteroatoms. The number of Topliss-reactive ketones (excluding diaryl/α,β-unsaturated/α-hetero) is 1. The number of morpholine rings is 1. The first-order valence-corrected chi connectivity index (χ1v) is 16.5. The van der Waals surface area contributed by atoms with Crippen LogP contribution in [0.15, 0.2) is 24.3 Å². The second-order valence-electron chi connectivity index (χ2n) is 12.8. The van der Waals surface area contributed by atoms with Gasteiger partial charge in [-0.2, -0.15) is 10.5 Å². The summed E-state index contributed by atoms with van der Waals surface area (Å²) in [5.41, 5.74) is 15.2. The van der Waals surface area contributed by atoms with E-state index in [4.69, 9.17) is 30.9 Å². The molecular formula is C32H42MnN7O3S-. The molecule has 0 aromatic carbocycles. The normalized spacial score (nSPS) is 30.4. The fraction of sp³-hybridized carbons (Fsp3) is 0.594. The summed E-state index contributed by atoms with van der Waals surface area (Å²) in [7, 11) is 2.12. The second kappa shape index (κ2) is 12.7. The average Bonchev–Trinajstić information content (AvgIpc) is 3.62. The zero-order valence-electron chi connectivity index (χ0n) is 25.3. The maximum Gasteiger partial charge on any atom is 0.219 e. The van der Waals surface area contributed by atoms with Gasteiger partial charge in [-0.15, -0.1) is 4.88 Å². The van der Waals surface area contributed by atoms with Gasteiger partial charge in [-0.05, 0) is 58.2 Å². The van der Waals surface area contributed by atoms with Crippen LogP contribution in [-0.4, -0.2) is 84.8 Å². The van der Waals surface area contributed by atoms with Crippen molar-refractivity contribution in [3.8, 4) is 5.88 Å². The van der Waals surface area contributed by atoms with Crippen molar-refractivity contribution >= 4 is 34.3 Å². The van der Waals surface area contributed by atoms with Crippen molar-refractivity contribution in [1.82, 2.24) is 20.2 Å². The number of fused-ring (bicyclic) bond motifs is 4. The third-order valence-electron chi connectivity index (χ3n) is 10.1. The number of carbonyl (C=O) groups is 1. The third kappa shape index (κ3) is 5.58. The van der Waals surface area contributed by atoms with Gasteiger partial charge in [0.05, 0.1) is 25.0 Å². The Bertz CT molecular complexity index is 1440. The molecule has 3 aliphatic heterocycles. The number of nitrogen functional groups attached to an aromatic ring is 1. The number of ether oxygens (including phenoxy) is 2. The van der Waals surface area contributed by atoms with E-state index in [0.29, 0.717) is 48.3 Å². The predicted molar refractivity (Wildman–Crippen MR) is 168 cm³/mol. The van der Waals surface area contributed by atoms with Gasteiger partial charge in [-0.1, -0.05) is 30.5 Å². The summed E-state index contributed by atoms with van der Waals surface area (Å²) in [5, 5.41) is 6.85. The molecule has 2 aliphatic carbocycles. The summed E-state index contributed by atoms with van der Waals surface area (Å²) in [6.45, 7) is 7.93. The second-order valence-corrected chi connectivity index (χ2v) is 13.7. The zero-order valence-corrected chi connectivity index (χ0v) is 27.3. The first-order chi connectivity index (χ1) is 20.9. The van der Waals surface area contributed by atoms with E-state index in [-0.39, 0.29) is 47.1 Å². The van der Waals surface area contributed by atoms with E-state index in [1.165, 1.54) is 4.88 Å². The number of thiophene rings is 1. The van der Waals surface area contributed by atoms with Gasteiger partial charge in [0.1, 0.15) is 11.9 Å². The molecule has 1 spiro atoms. The molecule has 3 saturated heterocycles. The molecule has 2 aromatic rings. The number of hydrogen-bond acceptors (Lipinski definition) is 11. The van der Waals surface area contributed by atoms with Gasteiger partial charge in [0.25, 0.3) is 0 Å². The summed E-state index contributed by atoms with van der Waals surface area (Å²) in [6.07, 6.45) is 8.70. The van der Waals surface area contributed by atoms with Crippen molar-refractivity contribution in [2.75, 3.05) is 50.5 Å². The minimum Gasteiger partial charge on any atom is -0.468 e. The number of aromatic nitrogens is 2. The van der Waals surface area contributed by atoms with Crippen LogP contribution < -0.4 is 26.4 Å². The molecule has 237 valence electrons. The smallest absolute Gasteiger partial charge is 0.219 e. The van der Waals surface area contributed by atoms with Gasteiger partial charge < -0.3 is 31.2 Å². The van der Waals surface area contributed by atoms with Crippen LogP contribution in [0.4, 0.5) is 11.5 Å². The monoisotopic (exact) mass is 659 g/mol. The van der Waals surface area contributed by atoms with Crippen LogP contribution in [0.25, 0.3) is 5.70 Å². The molecular weight excluding hydrogens is 617 g/mol. The number of rotatable bonds is 6. The number of anilines is 2. The molecule has 2 unspecified atom stereocenters. The average molecular weight is 660 g/mol. The third-order valence-corrected chi connectivity index (χ3v) is 11.0. The number of nitrogens with two attached hydrogens (primary N) is 2. The molecule has 10 nitrogen and oxygen atoms in total. The van der Waals surface area contributed by atoms with Crippen LogP contribution in [0, 0.1) is 5.38 Å². The molecule has 2 bridgehead atoms. The Morgan fingerprint density at radius 3 is 2.70 bits per heavy atom. The van der Waals surface area contributed by atoms with Crippen molar-refractivity contribution in [3.63, 3.8) is 0 Å². The molecule has 5 atom stereocenters. The number of hydrogen-bond donors (Lipinski definition) is 3. The van der Waals surface area contributed by atoms with Gasteiger partial charge in [0.15, 0.2) is 11.6 Å². The Labute approximate surface area is 274 Å². The van der Waals surface area contributed by atoms with E-state index in [1.807, 2.05) is 12.1 Å². The molecule has 1 radical (unpaired) electrons. The quantitative estimate of drug-likeness (QED) is 0.184. The number of ketones is 1. The number of nitrogens with one attached hydrogen (secondary N) is 1. The van der Waals surface area contributed by atoms with Crippen molar-refractivity contribution < 1.29 is 31.3 Å². The fourth-order valence-corrected chi connectivity index (χ4v) is 9.00. The number of aryl methyl sites for hydroxylation is 1. The van der Waals surface area contributed by atoms with Gasteiger partial charge in [-0.3, -0.25) is 21.0 Å². The van der Waals surface area contributed by atoms with E-state index in [0.717, 1.165) is 76.0 Å². The number of piperazine rings is 1. The van der Waals surface area contributed by atoms with Crippen molar-refractivity contribution in [3.05, 3.63) is 45.9 Å². The van der Waals surface area contributed by atoms with Gasteiger partial charge in [0, 0.05) is 59.3 Å². The Morgan fingerprint density at radius 1 is 1.25 bits per heavy atom. The van der Waals surface area contributed by atoms with E-state index >= 15 is 0 Å². The summed E-state index contributed by atoms with van der Waals surface area (Å²) >= 11 is 1.55. The number of carbonyl (C=O) groups excluding carboxylic acids is 1. The van der Waals surface area contributed by atoms with Crippen LogP contribution in [0.3, 0.4) is 0 Å². The minimum absolute atomic E-state index is 0. The topological polar surface area (TPSA) is 132 Å². The standard InChI is InChI=1S/C32H42N7O3S.Mn/c1-3-24(23-8-6-12-38(23)2)42-27-13-26(39-14-19-16-41-17-20(15-39)35-19)36-31(37-27)29(34)21-7-4-10-32(30(21)40)11-5-9-25-28(32)22(33)18-43-25;/h3,13,19-20,23-24,35H,1,4-12,14-17,33-34H2,2H3;/q-1;/b29-21-;/t19?,20?,23-,24-,32-;/m0./s1. The van der Waals surface area contributed by atoms with Crippen molar-refractivity contribution in [2.24, 2.45) is 5.73 Å². The molecule has 5 heterocycles. The van der Waals surface area contributed by atoms with Gasteiger partial charge in [0.2, 0.25) is 5.88 Å². The maximum atomic E-state index is 14.4. The summed E-state index contributed by atoms with van der Waals surface area (Å²) < 4.78 is 12.3. The fourth-order valence-electron chi connectivity index (χ4n) is 8.01. The van der Waals surface area contributed by atoms with Gasteiger partial charge >= 0.3 is 0 Å². The molecule has 4 fully saturated rings. The van der Waals surface area contributed by atoms with Crippen molar-refractivity contribution in [1.29, 1.82) is 0 Å². The SMILES string of the molecule is C=C[C@H](Oc1cc(N2CC3COCC(C2)N3)nc(/C(N)=C2\CCC[C@@]3(CCCc4s[c-]c(N)c43)C2=O)n1)[C@@H]1CCCN1C.[Mn]. The van der Waals surface area contributed by atoms with E-state index < -0.39 is 5.41 Å². The number of allylic oxidation sites excluding steroid dienone is 1. The summed E-state index contributed by atoms with van der Waals surface area (Å²) in [4.78, 5) is 30.0. The maximum absolute atomic E-state index is 14.4. The van der Waals surface area contributed by atoms with Gasteiger partial charge in [-0.25, -0.2) is 4.98 Å². The molecule has 1 saturated carbocycles. The largest absolute Gasteiger partial charge is 0.468 e. The predicted octanol–water partition coefficient (Wildman–Crippen LogP) is 2.82. The number of likely N-dealkylation sites (N-methyl/N-ethyl adjacent to an activating group) is 1. The van der Waals surface area contributed by atoms with E-state index in [1.54, 1.807) is 11.3 Å². The molecule has 5 N–H and O–H groups in total. The Kier molecular flexibility index (Phi) is 9.12. The Morgan fingerprint density at radius 2 is 2.00 bits per heavy atom. The molecule has 0 amide bonds. The zero-order chi connectivity index (χ0) is 29.7. The van der Waals surface area contributed by atoms with Crippen LogP contribution in [0.5, 0.6) is 5.88 Å². The van der Waals surface area contributed by atoms with Crippen molar-refractivity contribution in [2.45, 2.75) is 81.0 Å². The van der Waals surface area contributed by atoms with Crippen LogP contribution in [-0.2, 0) is 38.4 Å². The summed E-state index contributed by atoms with van der Waals surface area (Å²) in [6, 6.07) is 2.56. The van der Waals surface area contributed by atoms with Crippen LogP contribution in [0.2, 0.25) is 0 Å². The van der Waals surface area contributed by atoms with Crippen LogP contribution >= 0.6 is 11.3 Å². The molecule has 5 aliphatic rings. The minimum atomic E-state index is -0.639. The number of likely N-dealkylation sites (tertiary alicyclic amines) is 1. The first-order valence-electron chi connectivity index (χ1n) is 15.7. The number of nitrogens with zero attached hydrogens (tertiary/aromatic N) is 4. The molecule has 7 rings (SSSR count). The van der Waals surface area contributed by atoms with Crippen LogP contribution in [0.1, 0.15) is 61.2 Å².